The van der Waals surface area contributed by atoms with Crippen LogP contribution < -0.4 is 0 Å². The molecule has 0 aliphatic heterocycles. The van der Waals surface area contributed by atoms with Crippen LogP contribution in [0.2, 0.25) is 0 Å². The van der Waals surface area contributed by atoms with E-state index in [2.05, 4.69) is 49.1 Å². The average Bonchev–Trinajstić information content (AvgIpc) is 3.48. The third kappa shape index (κ3) is 9.77. The number of rotatable bonds is 13. The van der Waals surface area contributed by atoms with E-state index in [-0.39, 0.29) is 18.3 Å². The topological polar surface area (TPSA) is 90.2 Å². The van der Waals surface area contributed by atoms with E-state index in [1.807, 2.05) is 109 Å². The molecule has 0 heterocycles. The van der Waals surface area contributed by atoms with Crippen LogP contribution in [0, 0.1) is 5.41 Å². The molecule has 6 heteroatoms. The van der Waals surface area contributed by atoms with Crippen LogP contribution in [0.15, 0.2) is 145 Å². The zero-order chi connectivity index (χ0) is 40.5. The van der Waals surface area contributed by atoms with E-state index in [1.165, 1.54) is 5.57 Å². The van der Waals surface area contributed by atoms with Crippen LogP contribution in [0.3, 0.4) is 0 Å². The largest absolute Gasteiger partial charge is 0.393 e. The average molecular weight is 778 g/mol. The van der Waals surface area contributed by atoms with Crippen molar-refractivity contribution in [3.05, 3.63) is 178 Å². The highest BCUT2D eigenvalue weighted by atomic mass is 16.5. The molecule has 58 heavy (non-hydrogen) atoms. The maximum atomic E-state index is 15.1. The summed E-state index contributed by atoms with van der Waals surface area (Å²) in [5.41, 5.74) is 6.68. The highest BCUT2D eigenvalue weighted by molar-refractivity contribution is 6.13. The Labute approximate surface area is 344 Å². The van der Waals surface area contributed by atoms with Crippen molar-refractivity contribution in [1.82, 2.24) is 4.90 Å². The van der Waals surface area contributed by atoms with Gasteiger partial charge >= 0.3 is 0 Å². The second-order valence-electron chi connectivity index (χ2n) is 17.0. The molecule has 1 fully saturated rings. The van der Waals surface area contributed by atoms with Gasteiger partial charge in [-0.05, 0) is 97.2 Å². The fourth-order valence-electron chi connectivity index (χ4n) is 9.53. The number of ketones is 1. The first kappa shape index (κ1) is 41.5. The quantitative estimate of drug-likeness (QED) is 0.0816. The van der Waals surface area contributed by atoms with Gasteiger partial charge in [-0.25, -0.2) is 0 Å². The molecule has 8 rings (SSSR count). The molecular weight excluding hydrogens is 719 g/mol. The van der Waals surface area contributed by atoms with Crippen molar-refractivity contribution in [2.45, 2.75) is 95.7 Å². The van der Waals surface area contributed by atoms with Gasteiger partial charge in [0, 0.05) is 36.2 Å². The Morgan fingerprint density at radius 1 is 0.828 bits per heavy atom. The lowest BCUT2D eigenvalue weighted by Crippen LogP contribution is -2.53. The minimum atomic E-state index is -1.13. The highest BCUT2D eigenvalue weighted by Crippen LogP contribution is 2.59. The van der Waals surface area contributed by atoms with Gasteiger partial charge in [-0.2, -0.15) is 0 Å². The van der Waals surface area contributed by atoms with Crippen LogP contribution in [0.25, 0.3) is 11.1 Å². The van der Waals surface area contributed by atoms with E-state index < -0.39 is 23.2 Å². The number of fused-ring (bicyclic) bond motifs is 8. The van der Waals surface area contributed by atoms with Crippen LogP contribution in [-0.4, -0.2) is 63.5 Å². The minimum absolute atomic E-state index is 0.0456. The Morgan fingerprint density at radius 3 is 2.24 bits per heavy atom. The van der Waals surface area contributed by atoms with Crippen LogP contribution in [-0.2, 0) is 24.3 Å². The summed E-state index contributed by atoms with van der Waals surface area (Å²) in [4.78, 5) is 17.3. The molecule has 3 N–H and O–H groups in total. The molecular formula is C52H59NO5. The van der Waals surface area contributed by atoms with Gasteiger partial charge in [-0.3, -0.25) is 9.69 Å². The molecule has 302 valence electrons. The second-order valence-corrected chi connectivity index (χ2v) is 17.0. The molecule has 5 aromatic rings. The van der Waals surface area contributed by atoms with Crippen molar-refractivity contribution in [3.8, 4) is 11.1 Å². The Morgan fingerprint density at radius 2 is 1.50 bits per heavy atom. The SMILES string of the molecule is CC1=CCCC2(C)C(CCC2(O)CN(Cc2ccccc2)CC(O)COCc2ccccc2)c2ccc(cc2C(=O)c2ccccc2-c2ccccc2)CC(O)CC1. The van der Waals surface area contributed by atoms with Gasteiger partial charge in [-0.15, -0.1) is 0 Å². The summed E-state index contributed by atoms with van der Waals surface area (Å²) < 4.78 is 5.98. The zero-order valence-corrected chi connectivity index (χ0v) is 34.1. The Bertz CT molecular complexity index is 2140. The smallest absolute Gasteiger partial charge is 0.193 e. The summed E-state index contributed by atoms with van der Waals surface area (Å²) in [6.45, 7) is 6.22. The van der Waals surface area contributed by atoms with E-state index in [4.69, 9.17) is 4.74 Å². The molecule has 6 nitrogen and oxygen atoms in total. The number of benzene rings is 5. The number of ether oxygens (including phenoxy) is 1. The summed E-state index contributed by atoms with van der Waals surface area (Å²) in [5, 5.41) is 35.8. The summed E-state index contributed by atoms with van der Waals surface area (Å²) in [7, 11) is 0. The van der Waals surface area contributed by atoms with Crippen molar-refractivity contribution >= 4 is 5.78 Å². The molecule has 0 saturated heterocycles. The Balaban J connectivity index is 1.24. The van der Waals surface area contributed by atoms with Crippen molar-refractivity contribution in [2.75, 3.05) is 19.7 Å². The van der Waals surface area contributed by atoms with Gasteiger partial charge in [0.2, 0.25) is 0 Å². The standard InChI is InChI=1S/C52H59NO5/c1-38-15-14-29-51(2)49(28-30-52(51,57)37-53(33-39-16-6-3-7-17-39)34-44(55)36-58-35-40-18-8-4-9-19-40)46-27-25-41(31-43(54)26-24-38)32-48(46)50(56)47-23-13-12-22-45(47)42-20-10-5-11-21-42/h3-13,15-23,25,27,32,43-44,49,54-55,57H,14,24,26,28-31,33-37H2,1-2H3. The van der Waals surface area contributed by atoms with Crippen LogP contribution in [0.4, 0.5) is 0 Å². The number of carbonyl (C=O) groups is 1. The number of hydrogen-bond acceptors (Lipinski definition) is 6. The van der Waals surface area contributed by atoms with Crippen LogP contribution in [0.1, 0.15) is 96.5 Å². The molecule has 5 atom stereocenters. The molecule has 3 aliphatic rings. The summed E-state index contributed by atoms with van der Waals surface area (Å²) in [6.07, 6.45) is 5.63. The normalized spacial score (nSPS) is 22.9. The van der Waals surface area contributed by atoms with E-state index in [0.29, 0.717) is 69.5 Å². The second kappa shape index (κ2) is 18.9. The Kier molecular flexibility index (Phi) is 13.5. The molecule has 0 amide bonds. The molecule has 1 saturated carbocycles. The van der Waals surface area contributed by atoms with Gasteiger partial charge in [-0.1, -0.05) is 146 Å². The fraction of sp³-hybridized carbons (Fsp3) is 0.365. The molecule has 5 unspecified atom stereocenters. The van der Waals surface area contributed by atoms with Gasteiger partial charge in [0.15, 0.2) is 5.78 Å². The molecule has 0 aromatic heterocycles. The highest BCUT2D eigenvalue weighted by Gasteiger charge is 2.57. The number of aliphatic hydroxyl groups excluding tert-OH is 2. The lowest BCUT2D eigenvalue weighted by molar-refractivity contribution is -0.0923. The Hall–Kier alpha value is -4.69. The zero-order valence-electron chi connectivity index (χ0n) is 34.1. The van der Waals surface area contributed by atoms with Crippen molar-refractivity contribution in [1.29, 1.82) is 0 Å². The van der Waals surface area contributed by atoms with Crippen molar-refractivity contribution < 1.29 is 24.9 Å². The molecule has 2 bridgehead atoms. The van der Waals surface area contributed by atoms with E-state index >= 15 is 4.79 Å². The maximum absolute atomic E-state index is 15.1. The van der Waals surface area contributed by atoms with E-state index in [0.717, 1.165) is 46.2 Å². The predicted octanol–water partition coefficient (Wildman–Crippen LogP) is 9.70. The predicted molar refractivity (Wildman–Crippen MR) is 233 cm³/mol. The van der Waals surface area contributed by atoms with Crippen molar-refractivity contribution in [2.24, 2.45) is 5.41 Å². The molecule has 5 aromatic carbocycles. The molecule has 3 aliphatic carbocycles. The first-order valence-electron chi connectivity index (χ1n) is 21.1. The van der Waals surface area contributed by atoms with Gasteiger partial charge < -0.3 is 20.1 Å². The monoisotopic (exact) mass is 777 g/mol. The first-order valence-corrected chi connectivity index (χ1v) is 21.1. The van der Waals surface area contributed by atoms with E-state index in [1.54, 1.807) is 0 Å². The van der Waals surface area contributed by atoms with Gasteiger partial charge in [0.1, 0.15) is 0 Å². The van der Waals surface area contributed by atoms with Crippen LogP contribution >= 0.6 is 0 Å². The van der Waals surface area contributed by atoms with Crippen molar-refractivity contribution in [3.63, 3.8) is 0 Å². The lowest BCUT2D eigenvalue weighted by Gasteiger charge is -2.46. The maximum Gasteiger partial charge on any atom is 0.193 e. The third-order valence-electron chi connectivity index (χ3n) is 12.8. The molecule has 0 spiro atoms. The minimum Gasteiger partial charge on any atom is -0.393 e. The number of aliphatic hydroxyl groups is 3. The third-order valence-corrected chi connectivity index (χ3v) is 12.8. The summed E-state index contributed by atoms with van der Waals surface area (Å²) >= 11 is 0. The first-order chi connectivity index (χ1) is 28.1. The number of allylic oxidation sites excluding steroid dienone is 2. The summed E-state index contributed by atoms with van der Waals surface area (Å²) in [6, 6.07) is 44.3. The molecule has 0 radical (unpaired) electrons. The number of carbonyl (C=O) groups excluding carboxylic acids is 1. The van der Waals surface area contributed by atoms with Crippen LogP contribution in [0.5, 0.6) is 0 Å². The van der Waals surface area contributed by atoms with Gasteiger partial charge in [0.25, 0.3) is 0 Å². The number of nitrogens with zero attached hydrogens (tertiary/aromatic N) is 1. The fourth-order valence-corrected chi connectivity index (χ4v) is 9.53. The number of hydrogen-bond donors (Lipinski definition) is 3. The van der Waals surface area contributed by atoms with Gasteiger partial charge in [0.05, 0.1) is 31.0 Å². The lowest BCUT2D eigenvalue weighted by atomic mass is 9.64. The van der Waals surface area contributed by atoms with E-state index in [9.17, 15) is 15.3 Å². The summed E-state index contributed by atoms with van der Waals surface area (Å²) in [5.74, 6) is -0.163.